The summed E-state index contributed by atoms with van der Waals surface area (Å²) in [7, 11) is -1.97. The van der Waals surface area contributed by atoms with E-state index in [-0.39, 0.29) is 11.9 Å². The Morgan fingerprint density at radius 1 is 1.13 bits per heavy atom. The highest BCUT2D eigenvalue weighted by atomic mass is 79.9. The minimum absolute atomic E-state index is 0.0406. The van der Waals surface area contributed by atoms with Gasteiger partial charge in [-0.3, -0.25) is 0 Å². The fourth-order valence-corrected chi connectivity index (χ4v) is 11.4. The molecule has 0 radical (unpaired) electrons. The van der Waals surface area contributed by atoms with Crippen molar-refractivity contribution in [1.82, 2.24) is 4.98 Å². The predicted octanol–water partition coefficient (Wildman–Crippen LogP) is 8.09. The fourth-order valence-electron chi connectivity index (χ4n) is 4.78. The molecule has 172 valence electrons. The molecule has 1 aromatic rings. The first kappa shape index (κ1) is 27.7. The van der Waals surface area contributed by atoms with Crippen LogP contribution in [0.25, 0.3) is 0 Å². The van der Waals surface area contributed by atoms with E-state index in [9.17, 15) is 4.79 Å². The molecular formula is C24H42BrNO2SSi. The van der Waals surface area contributed by atoms with Crippen molar-refractivity contribution in [2.45, 2.75) is 111 Å². The van der Waals surface area contributed by atoms with Gasteiger partial charge in [-0.2, -0.15) is 0 Å². The van der Waals surface area contributed by atoms with E-state index in [2.05, 4.69) is 82.8 Å². The zero-order valence-electron chi connectivity index (χ0n) is 20.4. The zero-order valence-corrected chi connectivity index (χ0v) is 23.8. The monoisotopic (exact) mass is 515 g/mol. The molecule has 0 aliphatic rings. The van der Waals surface area contributed by atoms with Gasteiger partial charge in [0.2, 0.25) is 8.32 Å². The quantitative estimate of drug-likeness (QED) is 0.249. The third-order valence-electron chi connectivity index (χ3n) is 5.98. The average molecular weight is 517 g/mol. The topological polar surface area (TPSA) is 39.2 Å². The van der Waals surface area contributed by atoms with Crippen LogP contribution in [0.15, 0.2) is 15.9 Å². The van der Waals surface area contributed by atoms with Gasteiger partial charge in [-0.15, -0.1) is 11.3 Å². The van der Waals surface area contributed by atoms with Crippen LogP contribution in [0.3, 0.4) is 0 Å². The van der Waals surface area contributed by atoms with Gasteiger partial charge in [-0.1, -0.05) is 64.4 Å². The molecule has 0 spiro atoms. The smallest absolute Gasteiger partial charge is 0.201 e. The van der Waals surface area contributed by atoms with Crippen LogP contribution in [-0.2, 0) is 22.1 Å². The molecule has 0 aromatic carbocycles. The molecule has 0 amide bonds. The Labute approximate surface area is 198 Å². The predicted molar refractivity (Wildman–Crippen MR) is 137 cm³/mol. The molecule has 3 nitrogen and oxygen atoms in total. The first-order chi connectivity index (χ1) is 13.9. The third kappa shape index (κ3) is 8.32. The maximum atomic E-state index is 11.3. The summed E-state index contributed by atoms with van der Waals surface area (Å²) in [6, 6.07) is 0. The summed E-state index contributed by atoms with van der Waals surface area (Å²) in [5.74, 6) is 0.684. The van der Waals surface area contributed by atoms with Crippen LogP contribution >= 0.6 is 27.3 Å². The van der Waals surface area contributed by atoms with Crippen molar-refractivity contribution in [2.24, 2.45) is 5.92 Å². The van der Waals surface area contributed by atoms with Crippen molar-refractivity contribution in [3.05, 3.63) is 26.6 Å². The van der Waals surface area contributed by atoms with Crippen LogP contribution in [0.5, 0.6) is 0 Å². The lowest BCUT2D eigenvalue weighted by Crippen LogP contribution is -2.50. The number of allylic oxidation sites excluding steroid dienone is 1. The Kier molecular flexibility index (Phi) is 11.7. The summed E-state index contributed by atoms with van der Waals surface area (Å²) in [5.41, 5.74) is 2.81. The molecule has 0 saturated heterocycles. The van der Waals surface area contributed by atoms with Gasteiger partial charge in [0.1, 0.15) is 5.78 Å². The molecular weight excluding hydrogens is 474 g/mol. The Bertz CT molecular complexity index is 673. The van der Waals surface area contributed by atoms with Crippen LogP contribution in [0.2, 0.25) is 16.6 Å². The molecule has 1 rings (SSSR count). The van der Waals surface area contributed by atoms with Crippen molar-refractivity contribution in [3.63, 3.8) is 0 Å². The molecule has 0 aliphatic heterocycles. The van der Waals surface area contributed by atoms with Crippen molar-refractivity contribution in [1.29, 1.82) is 0 Å². The number of carbonyl (C=O) groups excluding carboxylic acids is 1. The van der Waals surface area contributed by atoms with Gasteiger partial charge in [0.15, 0.2) is 0 Å². The summed E-state index contributed by atoms with van der Waals surface area (Å²) in [4.78, 5) is 16.2. The molecule has 0 fully saturated rings. The van der Waals surface area contributed by atoms with Crippen LogP contribution in [0, 0.1) is 5.92 Å². The second-order valence-corrected chi connectivity index (χ2v) is 17.3. The molecule has 30 heavy (non-hydrogen) atoms. The molecule has 1 aromatic heterocycles. The van der Waals surface area contributed by atoms with E-state index < -0.39 is 8.32 Å². The van der Waals surface area contributed by atoms with Crippen LogP contribution in [0.4, 0.5) is 0 Å². The SMILES string of the molecule is CC(=O)C[C@H](C)CCc1csc(C[C@H](/C=C(\C)Br)O[Si](C(C)C)(C(C)C)C(C)C)n1. The number of aromatic nitrogens is 1. The number of Topliss-reactive ketones (excluding diaryl/α,β-unsaturated/α-hetero) is 1. The minimum atomic E-state index is -1.97. The minimum Gasteiger partial charge on any atom is -0.409 e. The number of halogens is 1. The van der Waals surface area contributed by atoms with Gasteiger partial charge in [-0.25, -0.2) is 4.98 Å². The standard InChI is InChI=1S/C24H42BrNO2SSi/c1-16(2)30(17(3)4,18(5)6)28-23(13-20(8)25)14-24-26-22(15-29-24)11-10-19(7)12-21(9)27/h13,15-19,23H,10-12,14H2,1-9H3/b20-13+/t19-,23+/m1/s1. The highest BCUT2D eigenvalue weighted by molar-refractivity contribution is 9.11. The summed E-state index contributed by atoms with van der Waals surface area (Å²) in [5, 5.41) is 3.31. The van der Waals surface area contributed by atoms with Gasteiger partial charge < -0.3 is 9.22 Å². The first-order valence-corrected chi connectivity index (χ1v) is 15.1. The number of nitrogens with zero attached hydrogens (tertiary/aromatic N) is 1. The number of carbonyl (C=O) groups is 1. The molecule has 0 aliphatic carbocycles. The highest BCUT2D eigenvalue weighted by Crippen LogP contribution is 2.43. The maximum absolute atomic E-state index is 11.3. The Morgan fingerprint density at radius 3 is 2.17 bits per heavy atom. The Hall–Kier alpha value is -0.303. The van der Waals surface area contributed by atoms with Gasteiger partial charge in [0.25, 0.3) is 0 Å². The number of ketones is 1. The lowest BCUT2D eigenvalue weighted by Gasteiger charge is -2.44. The molecule has 0 bridgehead atoms. The van der Waals surface area contributed by atoms with E-state index in [1.54, 1.807) is 18.3 Å². The number of hydrogen-bond donors (Lipinski definition) is 0. The second-order valence-electron chi connectivity index (χ2n) is 9.71. The summed E-state index contributed by atoms with van der Waals surface area (Å²) in [6.45, 7) is 19.9. The van der Waals surface area contributed by atoms with Gasteiger partial charge >= 0.3 is 0 Å². The third-order valence-corrected chi connectivity index (χ3v) is 13.3. The van der Waals surface area contributed by atoms with Crippen LogP contribution < -0.4 is 0 Å². The zero-order chi connectivity index (χ0) is 23.1. The highest BCUT2D eigenvalue weighted by Gasteiger charge is 2.46. The van der Waals surface area contributed by atoms with Crippen molar-refractivity contribution < 1.29 is 9.22 Å². The molecule has 1 heterocycles. The molecule has 6 heteroatoms. The van der Waals surface area contributed by atoms with Crippen LogP contribution in [-0.4, -0.2) is 25.2 Å². The number of thiazole rings is 1. The lowest BCUT2D eigenvalue weighted by molar-refractivity contribution is -0.117. The normalized spacial score (nSPS) is 15.3. The van der Waals surface area contributed by atoms with E-state index in [1.807, 2.05) is 0 Å². The molecule has 2 atom stereocenters. The number of aryl methyl sites for hydroxylation is 1. The van der Waals surface area contributed by atoms with Crippen molar-refractivity contribution >= 4 is 41.4 Å². The van der Waals surface area contributed by atoms with Gasteiger partial charge in [0.05, 0.1) is 16.8 Å². The maximum Gasteiger partial charge on any atom is 0.201 e. The summed E-state index contributed by atoms with van der Waals surface area (Å²) < 4.78 is 8.16. The largest absolute Gasteiger partial charge is 0.409 e. The van der Waals surface area contributed by atoms with E-state index in [1.165, 1.54) is 0 Å². The lowest BCUT2D eigenvalue weighted by atomic mass is 9.99. The fraction of sp³-hybridized carbons (Fsp3) is 0.750. The first-order valence-electron chi connectivity index (χ1n) is 11.3. The van der Waals surface area contributed by atoms with E-state index in [0.717, 1.165) is 34.4 Å². The van der Waals surface area contributed by atoms with Crippen LogP contribution in [0.1, 0.15) is 85.9 Å². The van der Waals surface area contributed by atoms with E-state index in [4.69, 9.17) is 9.41 Å². The summed E-state index contributed by atoms with van der Waals surface area (Å²) in [6.07, 6.45) is 5.68. The Morgan fingerprint density at radius 2 is 1.70 bits per heavy atom. The van der Waals surface area contributed by atoms with Gasteiger partial charge in [0, 0.05) is 18.2 Å². The summed E-state index contributed by atoms with van der Waals surface area (Å²) >= 11 is 5.36. The average Bonchev–Trinajstić information content (AvgIpc) is 3.03. The van der Waals surface area contributed by atoms with Gasteiger partial charge in [-0.05, 0) is 59.8 Å². The molecule has 0 N–H and O–H groups in total. The van der Waals surface area contributed by atoms with Crippen molar-refractivity contribution in [3.8, 4) is 0 Å². The number of hydrogen-bond acceptors (Lipinski definition) is 4. The molecule has 0 saturated carbocycles. The second kappa shape index (κ2) is 12.7. The Balaban J connectivity index is 2.95. The van der Waals surface area contributed by atoms with E-state index >= 15 is 0 Å². The van der Waals surface area contributed by atoms with Crippen molar-refractivity contribution in [2.75, 3.05) is 0 Å². The van der Waals surface area contributed by atoms with E-state index in [0.29, 0.717) is 29.0 Å². The molecule has 0 unspecified atom stereocenters. The number of rotatable bonds is 13.